The Morgan fingerprint density at radius 3 is 2.39 bits per heavy atom. The minimum absolute atomic E-state index is 0.602. The van der Waals surface area contributed by atoms with Gasteiger partial charge < -0.3 is 9.78 Å². The topological polar surface area (TPSA) is 45.8 Å². The number of carbonyl (C=O) groups excluding carboxylic acids is 1. The van der Waals surface area contributed by atoms with E-state index in [1.165, 1.54) is 36.8 Å². The Kier molecular flexibility index (Phi) is 11.4. The fourth-order valence-corrected chi connectivity index (χ4v) is 4.41. The Bertz CT molecular complexity index is 952. The number of carbonyl (C=O) groups is 1. The van der Waals surface area contributed by atoms with Crippen LogP contribution in [-0.4, -0.2) is 16.3 Å². The lowest BCUT2D eigenvalue weighted by Gasteiger charge is -2.27. The van der Waals surface area contributed by atoms with E-state index in [-0.39, 0.29) is 0 Å². The van der Waals surface area contributed by atoms with Gasteiger partial charge in [0.2, 0.25) is 0 Å². The molecule has 0 saturated heterocycles. The van der Waals surface area contributed by atoms with Gasteiger partial charge in [-0.1, -0.05) is 69.0 Å². The number of nitrogens with one attached hydrogen (secondary N) is 1. The second-order valence-electron chi connectivity index (χ2n) is 8.30. The summed E-state index contributed by atoms with van der Waals surface area (Å²) in [5.41, 5.74) is 5.68. The van der Waals surface area contributed by atoms with Crippen molar-refractivity contribution in [2.45, 2.75) is 72.1 Å². The second-order valence-corrected chi connectivity index (χ2v) is 8.30. The van der Waals surface area contributed by atoms with Crippen LogP contribution in [0.4, 0.5) is 0 Å². The number of rotatable bonds is 9. The van der Waals surface area contributed by atoms with Crippen molar-refractivity contribution in [3.05, 3.63) is 83.5 Å². The van der Waals surface area contributed by atoms with E-state index in [1.54, 1.807) is 6.08 Å². The molecule has 33 heavy (non-hydrogen) atoms. The van der Waals surface area contributed by atoms with Crippen LogP contribution in [-0.2, 0) is 11.2 Å². The molecule has 1 aromatic heterocycles. The Balaban J connectivity index is 0.00000187. The predicted molar refractivity (Wildman–Crippen MR) is 143 cm³/mol. The van der Waals surface area contributed by atoms with Crippen LogP contribution >= 0.6 is 0 Å². The molecule has 0 radical (unpaired) electrons. The Labute approximate surface area is 200 Å². The van der Waals surface area contributed by atoms with Crippen LogP contribution in [0.5, 0.6) is 0 Å². The van der Waals surface area contributed by atoms with Gasteiger partial charge in [-0.3, -0.25) is 0 Å². The molecule has 1 fully saturated rings. The van der Waals surface area contributed by atoms with E-state index in [9.17, 15) is 4.79 Å². The molecule has 3 rings (SSSR count). The molecule has 0 spiro atoms. The second kappa shape index (κ2) is 14.3. The number of hydrogen-bond acceptors (Lipinski definition) is 2. The maximum Gasteiger partial charge on any atom is 0.138 e. The van der Waals surface area contributed by atoms with Gasteiger partial charge in [-0.25, -0.2) is 4.98 Å². The highest BCUT2D eigenvalue weighted by Crippen LogP contribution is 2.36. The summed E-state index contributed by atoms with van der Waals surface area (Å²) in [4.78, 5) is 18.8. The summed E-state index contributed by atoms with van der Waals surface area (Å²) >= 11 is 0. The Morgan fingerprint density at radius 2 is 1.82 bits per heavy atom. The normalized spacial score (nSPS) is 18.8. The number of aromatic amines is 1. The van der Waals surface area contributed by atoms with Gasteiger partial charge in [-0.2, -0.15) is 0 Å². The molecule has 0 bridgehead atoms. The van der Waals surface area contributed by atoms with Gasteiger partial charge in [0.25, 0.3) is 0 Å². The van der Waals surface area contributed by atoms with Crippen LogP contribution in [0.3, 0.4) is 0 Å². The molecule has 1 aliphatic rings. The number of aldehydes is 1. The molecule has 176 valence electrons. The molecule has 0 unspecified atom stereocenters. The lowest BCUT2D eigenvalue weighted by molar-refractivity contribution is -0.108. The van der Waals surface area contributed by atoms with Crippen molar-refractivity contribution < 1.29 is 4.79 Å². The monoisotopic (exact) mass is 444 g/mol. The van der Waals surface area contributed by atoms with Crippen LogP contribution in [0, 0.1) is 5.92 Å². The summed E-state index contributed by atoms with van der Waals surface area (Å²) in [6.07, 6.45) is 19.7. The van der Waals surface area contributed by atoms with Crippen LogP contribution in [0.1, 0.15) is 94.1 Å². The van der Waals surface area contributed by atoms with Crippen molar-refractivity contribution in [3.8, 4) is 0 Å². The number of hydrogen-bond donors (Lipinski definition) is 1. The van der Waals surface area contributed by atoms with E-state index in [0.29, 0.717) is 11.8 Å². The van der Waals surface area contributed by atoms with Crippen molar-refractivity contribution in [3.63, 3.8) is 0 Å². The highest BCUT2D eigenvalue weighted by Gasteiger charge is 2.21. The van der Waals surface area contributed by atoms with Gasteiger partial charge in [-0.05, 0) is 81.1 Å². The molecule has 0 aliphatic heterocycles. The molecule has 2 aromatic rings. The highest BCUT2D eigenvalue weighted by molar-refractivity contribution is 5.72. The summed E-state index contributed by atoms with van der Waals surface area (Å²) in [7, 11) is 0. The third-order valence-electron chi connectivity index (χ3n) is 6.25. The first-order chi connectivity index (χ1) is 16.2. The predicted octanol–water partition coefficient (Wildman–Crippen LogP) is 8.18. The van der Waals surface area contributed by atoms with E-state index >= 15 is 0 Å². The number of H-pyrrole nitrogens is 1. The molecule has 1 aromatic carbocycles. The number of benzene rings is 1. The summed E-state index contributed by atoms with van der Waals surface area (Å²) < 4.78 is 0. The molecular weight excluding hydrogens is 404 g/mol. The maximum absolute atomic E-state index is 10.7. The van der Waals surface area contributed by atoms with E-state index in [2.05, 4.69) is 59.0 Å². The average Bonchev–Trinajstić information content (AvgIpc) is 3.27. The van der Waals surface area contributed by atoms with E-state index in [4.69, 9.17) is 0 Å². The quantitative estimate of drug-likeness (QED) is 0.313. The largest absolute Gasteiger partial charge is 0.338 e. The summed E-state index contributed by atoms with van der Waals surface area (Å²) in [6.45, 7) is 11.9. The molecule has 0 atom stereocenters. The molecule has 1 aliphatic carbocycles. The zero-order valence-corrected chi connectivity index (χ0v) is 20.8. The zero-order chi connectivity index (χ0) is 24.1. The van der Waals surface area contributed by atoms with E-state index < -0.39 is 0 Å². The average molecular weight is 445 g/mol. The van der Waals surface area contributed by atoms with Gasteiger partial charge in [0.15, 0.2) is 0 Å². The standard InChI is InChI=1S/C28H34N2O.C2H6/c1-4-8-27-26(6-3)29-28(30-27)23(5-2)10-7-9-21-11-15-24(16-12-21)25-17-13-22(14-18-25)19-20-31;1-2/h4-8,10-12,15-16,20,22,25H,3,9,13-14,17-19H2,1-2H3,(H,29,30);1-2H3/b8-4-,10-7-,23-5+;. The van der Waals surface area contributed by atoms with Gasteiger partial charge in [-0.15, -0.1) is 0 Å². The highest BCUT2D eigenvalue weighted by atomic mass is 16.1. The van der Waals surface area contributed by atoms with Crippen molar-refractivity contribution in [1.82, 2.24) is 9.97 Å². The number of imidazole rings is 1. The minimum Gasteiger partial charge on any atom is -0.338 e. The summed E-state index contributed by atoms with van der Waals surface area (Å²) in [5.74, 6) is 2.11. The lowest BCUT2D eigenvalue weighted by atomic mass is 9.77. The van der Waals surface area contributed by atoms with Crippen molar-refractivity contribution in [2.24, 2.45) is 5.92 Å². The van der Waals surface area contributed by atoms with Crippen LogP contribution in [0.15, 0.2) is 55.1 Å². The fraction of sp³-hybridized carbons (Fsp3) is 0.400. The number of nitrogens with zero attached hydrogens (tertiary/aromatic N) is 1. The number of aromatic nitrogens is 2. The van der Waals surface area contributed by atoms with Gasteiger partial charge in [0.1, 0.15) is 12.1 Å². The van der Waals surface area contributed by atoms with Gasteiger partial charge in [0.05, 0.1) is 11.4 Å². The van der Waals surface area contributed by atoms with Crippen LogP contribution in [0.2, 0.25) is 0 Å². The maximum atomic E-state index is 10.7. The Morgan fingerprint density at radius 1 is 1.12 bits per heavy atom. The fourth-order valence-electron chi connectivity index (χ4n) is 4.41. The van der Waals surface area contributed by atoms with Crippen LogP contribution in [0.25, 0.3) is 17.7 Å². The third-order valence-corrected chi connectivity index (χ3v) is 6.25. The van der Waals surface area contributed by atoms with E-state index in [1.807, 2.05) is 39.8 Å². The molecular formula is C30H40N2O. The third kappa shape index (κ3) is 7.56. The van der Waals surface area contributed by atoms with Gasteiger partial charge in [0, 0.05) is 12.0 Å². The molecule has 0 amide bonds. The molecule has 1 heterocycles. The zero-order valence-electron chi connectivity index (χ0n) is 20.8. The summed E-state index contributed by atoms with van der Waals surface area (Å²) in [6, 6.07) is 9.08. The number of allylic oxidation sites excluding steroid dienone is 5. The first-order valence-corrected chi connectivity index (χ1v) is 12.4. The lowest BCUT2D eigenvalue weighted by Crippen LogP contribution is -2.13. The van der Waals surface area contributed by atoms with Crippen LogP contribution < -0.4 is 0 Å². The van der Waals surface area contributed by atoms with Crippen molar-refractivity contribution in [1.29, 1.82) is 0 Å². The molecule has 1 N–H and O–H groups in total. The SMILES string of the molecule is C=Cc1nc(C(/C=C\Cc2ccc(C3CCC(CC=O)CC3)cc2)=C/C)[nH]c1/C=C\C.CC. The summed E-state index contributed by atoms with van der Waals surface area (Å²) in [5, 5.41) is 0. The van der Waals surface area contributed by atoms with Crippen molar-refractivity contribution in [2.75, 3.05) is 0 Å². The van der Waals surface area contributed by atoms with E-state index in [0.717, 1.165) is 41.9 Å². The molecule has 3 heteroatoms. The van der Waals surface area contributed by atoms with Gasteiger partial charge >= 0.3 is 0 Å². The first kappa shape index (κ1) is 26.3. The molecule has 3 nitrogen and oxygen atoms in total. The first-order valence-electron chi connectivity index (χ1n) is 12.4. The van der Waals surface area contributed by atoms with Crippen molar-refractivity contribution >= 4 is 24.0 Å². The Hall–Kier alpha value is -2.94. The smallest absolute Gasteiger partial charge is 0.138 e. The molecule has 1 saturated carbocycles. The minimum atomic E-state index is 0.602.